The molecule has 0 N–H and O–H groups in total. The van der Waals surface area contributed by atoms with Crippen LogP contribution in [0.5, 0.6) is 17.2 Å². The summed E-state index contributed by atoms with van der Waals surface area (Å²) in [7, 11) is 1.60. The van der Waals surface area contributed by atoms with Gasteiger partial charge in [0, 0.05) is 6.08 Å². The molecule has 0 aliphatic rings. The fourth-order valence-electron chi connectivity index (χ4n) is 2.45. The maximum absolute atomic E-state index is 12.0. The molecule has 0 aliphatic heterocycles. The number of carbonyl (C=O) groups is 1. The van der Waals surface area contributed by atoms with Crippen LogP contribution in [-0.4, -0.2) is 19.7 Å². The maximum atomic E-state index is 12.0. The van der Waals surface area contributed by atoms with Crippen molar-refractivity contribution in [2.75, 3.05) is 13.7 Å². The van der Waals surface area contributed by atoms with E-state index >= 15 is 0 Å². The van der Waals surface area contributed by atoms with Crippen molar-refractivity contribution in [2.45, 2.75) is 33.1 Å². The van der Waals surface area contributed by atoms with Crippen LogP contribution in [0.25, 0.3) is 6.08 Å². The van der Waals surface area contributed by atoms with Gasteiger partial charge in [-0.25, -0.2) is 4.79 Å². The van der Waals surface area contributed by atoms with Gasteiger partial charge in [-0.1, -0.05) is 38.5 Å². The van der Waals surface area contributed by atoms with Gasteiger partial charge in [0.2, 0.25) is 0 Å². The van der Waals surface area contributed by atoms with Crippen molar-refractivity contribution < 1.29 is 19.0 Å². The summed E-state index contributed by atoms with van der Waals surface area (Å²) >= 11 is 0. The Labute approximate surface area is 155 Å². The molecule has 0 spiro atoms. The summed E-state index contributed by atoms with van der Waals surface area (Å²) in [5, 5.41) is 0. The topological polar surface area (TPSA) is 44.8 Å². The number of rotatable bonds is 9. The van der Waals surface area contributed by atoms with E-state index in [4.69, 9.17) is 14.2 Å². The van der Waals surface area contributed by atoms with E-state index in [9.17, 15) is 4.79 Å². The smallest absolute Gasteiger partial charge is 0.336 e. The molecule has 138 valence electrons. The van der Waals surface area contributed by atoms with E-state index in [2.05, 4.69) is 6.92 Å². The number of benzene rings is 2. The third kappa shape index (κ3) is 5.96. The van der Waals surface area contributed by atoms with E-state index < -0.39 is 5.97 Å². The van der Waals surface area contributed by atoms with Crippen LogP contribution in [-0.2, 0) is 11.2 Å². The molecule has 0 radical (unpaired) electrons. The second-order valence-electron chi connectivity index (χ2n) is 5.91. The number of esters is 1. The summed E-state index contributed by atoms with van der Waals surface area (Å²) in [5.41, 5.74) is 2.07. The second kappa shape index (κ2) is 10.3. The fraction of sp³-hybridized carbons (Fsp3) is 0.318. The van der Waals surface area contributed by atoms with Crippen LogP contribution in [0, 0.1) is 0 Å². The molecule has 26 heavy (non-hydrogen) atoms. The van der Waals surface area contributed by atoms with Gasteiger partial charge < -0.3 is 14.2 Å². The molecule has 2 aromatic rings. The number of methoxy groups -OCH3 is 1. The van der Waals surface area contributed by atoms with Crippen LogP contribution >= 0.6 is 0 Å². The quantitative estimate of drug-likeness (QED) is 0.359. The monoisotopic (exact) mass is 354 g/mol. The lowest BCUT2D eigenvalue weighted by atomic mass is 10.1. The fourth-order valence-corrected chi connectivity index (χ4v) is 2.45. The first-order valence-corrected chi connectivity index (χ1v) is 8.96. The standard InChI is InChI=1S/C22H26O4/c1-4-6-17-7-11-19(12-8-17)26-22(23)14-10-18-9-13-20(25-15-5-2)21(16-18)24-3/h7-14,16H,4-6,15H2,1-3H3/b14-10+. The molecule has 0 aromatic heterocycles. The average molecular weight is 354 g/mol. The number of hydrogen-bond acceptors (Lipinski definition) is 4. The minimum atomic E-state index is -0.418. The number of hydrogen-bond donors (Lipinski definition) is 0. The Bertz CT molecular complexity index is 732. The van der Waals surface area contributed by atoms with Gasteiger partial charge in [0.05, 0.1) is 13.7 Å². The van der Waals surface area contributed by atoms with Crippen LogP contribution in [0.4, 0.5) is 0 Å². The molecule has 2 aromatic carbocycles. The Hall–Kier alpha value is -2.75. The highest BCUT2D eigenvalue weighted by atomic mass is 16.5. The summed E-state index contributed by atoms with van der Waals surface area (Å²) in [5.74, 6) is 1.46. The number of aryl methyl sites for hydroxylation is 1. The zero-order valence-electron chi connectivity index (χ0n) is 15.7. The first-order chi connectivity index (χ1) is 12.7. The van der Waals surface area contributed by atoms with E-state index in [1.807, 2.05) is 49.4 Å². The molecule has 2 rings (SSSR count). The summed E-state index contributed by atoms with van der Waals surface area (Å²) in [6.45, 7) is 4.82. The molecule has 0 saturated heterocycles. The molecule has 0 saturated carbocycles. The van der Waals surface area contributed by atoms with Crippen LogP contribution in [0.15, 0.2) is 48.5 Å². The molecular weight excluding hydrogens is 328 g/mol. The van der Waals surface area contributed by atoms with Crippen molar-refractivity contribution in [3.8, 4) is 17.2 Å². The first-order valence-electron chi connectivity index (χ1n) is 8.96. The molecule has 4 heteroatoms. The van der Waals surface area contributed by atoms with Crippen LogP contribution in [0.3, 0.4) is 0 Å². The third-order valence-electron chi connectivity index (χ3n) is 3.74. The molecule has 4 nitrogen and oxygen atoms in total. The normalized spacial score (nSPS) is 10.7. The molecule has 0 atom stereocenters. The van der Waals surface area contributed by atoms with Crippen molar-refractivity contribution >= 4 is 12.0 Å². The average Bonchev–Trinajstić information content (AvgIpc) is 2.66. The lowest BCUT2D eigenvalue weighted by molar-refractivity contribution is -0.128. The van der Waals surface area contributed by atoms with Crippen molar-refractivity contribution in [1.29, 1.82) is 0 Å². The van der Waals surface area contributed by atoms with Gasteiger partial charge in [0.1, 0.15) is 5.75 Å². The van der Waals surface area contributed by atoms with E-state index in [1.54, 1.807) is 13.2 Å². The third-order valence-corrected chi connectivity index (χ3v) is 3.74. The van der Waals surface area contributed by atoms with E-state index in [0.29, 0.717) is 23.9 Å². The summed E-state index contributed by atoms with van der Waals surface area (Å²) in [6.07, 6.45) is 6.14. The van der Waals surface area contributed by atoms with Crippen LogP contribution in [0.2, 0.25) is 0 Å². The highest BCUT2D eigenvalue weighted by Gasteiger charge is 2.05. The van der Waals surface area contributed by atoms with E-state index in [-0.39, 0.29) is 0 Å². The molecule has 0 unspecified atom stereocenters. The van der Waals surface area contributed by atoms with Gasteiger partial charge in [-0.05, 0) is 54.3 Å². The zero-order chi connectivity index (χ0) is 18.8. The van der Waals surface area contributed by atoms with Crippen molar-refractivity contribution in [3.63, 3.8) is 0 Å². The Kier molecular flexibility index (Phi) is 7.75. The van der Waals surface area contributed by atoms with Crippen molar-refractivity contribution in [3.05, 3.63) is 59.7 Å². The Balaban J connectivity index is 1.98. The van der Waals surface area contributed by atoms with Crippen LogP contribution < -0.4 is 14.2 Å². The summed E-state index contributed by atoms with van der Waals surface area (Å²) < 4.78 is 16.3. The van der Waals surface area contributed by atoms with E-state index in [1.165, 1.54) is 11.6 Å². The van der Waals surface area contributed by atoms with Gasteiger partial charge in [-0.3, -0.25) is 0 Å². The molecular formula is C22H26O4. The largest absolute Gasteiger partial charge is 0.493 e. The van der Waals surface area contributed by atoms with Crippen LogP contribution in [0.1, 0.15) is 37.8 Å². The zero-order valence-corrected chi connectivity index (χ0v) is 15.7. The highest BCUT2D eigenvalue weighted by molar-refractivity contribution is 5.88. The van der Waals surface area contributed by atoms with Crippen molar-refractivity contribution in [2.24, 2.45) is 0 Å². The lowest BCUT2D eigenvalue weighted by Gasteiger charge is -2.10. The molecule has 0 fully saturated rings. The molecule has 0 bridgehead atoms. The van der Waals surface area contributed by atoms with Gasteiger partial charge >= 0.3 is 5.97 Å². The minimum absolute atomic E-state index is 0.418. The van der Waals surface area contributed by atoms with Gasteiger partial charge in [0.15, 0.2) is 11.5 Å². The lowest BCUT2D eigenvalue weighted by Crippen LogP contribution is -2.03. The van der Waals surface area contributed by atoms with Crippen molar-refractivity contribution in [1.82, 2.24) is 0 Å². The molecule has 0 amide bonds. The number of ether oxygens (including phenoxy) is 3. The predicted molar refractivity (Wildman–Crippen MR) is 104 cm³/mol. The Morgan fingerprint density at radius 3 is 2.42 bits per heavy atom. The first kappa shape index (κ1) is 19.6. The molecule has 0 aliphatic carbocycles. The number of carbonyl (C=O) groups excluding carboxylic acids is 1. The van der Waals surface area contributed by atoms with E-state index in [0.717, 1.165) is 24.8 Å². The summed E-state index contributed by atoms with van der Waals surface area (Å²) in [4.78, 5) is 12.0. The second-order valence-corrected chi connectivity index (χ2v) is 5.91. The Morgan fingerprint density at radius 2 is 1.77 bits per heavy atom. The predicted octanol–water partition coefficient (Wildman–Crippen LogP) is 5.06. The SMILES string of the molecule is CCCOc1ccc(/C=C/C(=O)Oc2ccc(CCC)cc2)cc1OC. The summed E-state index contributed by atoms with van der Waals surface area (Å²) in [6, 6.07) is 13.1. The van der Waals surface area contributed by atoms with Gasteiger partial charge in [0.25, 0.3) is 0 Å². The molecule has 0 heterocycles. The Morgan fingerprint density at radius 1 is 1.00 bits per heavy atom. The maximum Gasteiger partial charge on any atom is 0.336 e. The van der Waals surface area contributed by atoms with Gasteiger partial charge in [-0.2, -0.15) is 0 Å². The minimum Gasteiger partial charge on any atom is -0.493 e. The van der Waals surface area contributed by atoms with Gasteiger partial charge in [-0.15, -0.1) is 0 Å². The highest BCUT2D eigenvalue weighted by Crippen LogP contribution is 2.28.